The molecule has 0 bridgehead atoms. The van der Waals surface area contributed by atoms with Crippen LogP contribution < -0.4 is 0 Å². The van der Waals surface area contributed by atoms with E-state index in [2.05, 4.69) is 11.9 Å². The topological polar surface area (TPSA) is 60.2 Å². The van der Waals surface area contributed by atoms with E-state index >= 15 is 0 Å². The molecule has 1 saturated heterocycles. The van der Waals surface area contributed by atoms with Crippen molar-refractivity contribution in [1.82, 2.24) is 19.4 Å². The van der Waals surface area contributed by atoms with Gasteiger partial charge in [-0.3, -0.25) is 9.36 Å². The van der Waals surface area contributed by atoms with Crippen LogP contribution in [0.25, 0.3) is 5.82 Å². The lowest BCUT2D eigenvalue weighted by Crippen LogP contribution is -2.33. The molecular weight excluding hydrogens is 292 g/mol. The van der Waals surface area contributed by atoms with Gasteiger partial charge >= 0.3 is 0 Å². The molecule has 0 unspecified atom stereocenters. The lowest BCUT2D eigenvalue weighted by molar-refractivity contribution is -0.136. The van der Waals surface area contributed by atoms with Gasteiger partial charge in [0.15, 0.2) is 0 Å². The highest BCUT2D eigenvalue weighted by atomic mass is 16.5. The lowest BCUT2D eigenvalue weighted by Gasteiger charge is -2.24. The Balaban J connectivity index is 1.89. The van der Waals surface area contributed by atoms with Gasteiger partial charge in [0, 0.05) is 32.5 Å². The summed E-state index contributed by atoms with van der Waals surface area (Å²) in [6.45, 7) is 2.96. The standard InChI is InChI=1S/C17H22N4O2/c1-3-15-18-9-11-21(15)16-8-4-6-13(19-16)14-7-5-10-20(14)17(22)12-23-2/h4,6,8-9,11,14H,3,5,7,10,12H2,1-2H3/t14-/m0/s1. The number of carbonyl (C=O) groups is 1. The number of methoxy groups -OCH3 is 1. The summed E-state index contributed by atoms with van der Waals surface area (Å²) in [5, 5.41) is 0. The first-order chi connectivity index (χ1) is 11.2. The van der Waals surface area contributed by atoms with Crippen molar-refractivity contribution in [3.63, 3.8) is 0 Å². The molecule has 2 aromatic heterocycles. The van der Waals surface area contributed by atoms with Crippen molar-refractivity contribution in [2.24, 2.45) is 0 Å². The molecule has 6 nitrogen and oxygen atoms in total. The van der Waals surface area contributed by atoms with Crippen LogP contribution >= 0.6 is 0 Å². The second-order valence-corrected chi connectivity index (χ2v) is 5.67. The first-order valence-electron chi connectivity index (χ1n) is 8.02. The zero-order valence-electron chi connectivity index (χ0n) is 13.6. The van der Waals surface area contributed by atoms with Gasteiger partial charge in [0.2, 0.25) is 5.91 Å². The van der Waals surface area contributed by atoms with Crippen molar-refractivity contribution in [1.29, 1.82) is 0 Å². The van der Waals surface area contributed by atoms with E-state index in [-0.39, 0.29) is 18.6 Å². The Morgan fingerprint density at radius 1 is 1.43 bits per heavy atom. The monoisotopic (exact) mass is 314 g/mol. The summed E-state index contributed by atoms with van der Waals surface area (Å²) in [5.41, 5.74) is 0.931. The molecule has 0 saturated carbocycles. The van der Waals surface area contributed by atoms with E-state index in [1.165, 1.54) is 0 Å². The molecule has 0 aromatic carbocycles. The number of imidazole rings is 1. The molecule has 23 heavy (non-hydrogen) atoms. The Morgan fingerprint density at radius 3 is 3.09 bits per heavy atom. The average Bonchev–Trinajstić information content (AvgIpc) is 3.24. The first-order valence-corrected chi connectivity index (χ1v) is 8.02. The normalized spacial score (nSPS) is 17.7. The maximum Gasteiger partial charge on any atom is 0.249 e. The lowest BCUT2D eigenvalue weighted by atomic mass is 10.1. The minimum atomic E-state index is 0.0269. The zero-order chi connectivity index (χ0) is 16.2. The molecular formula is C17H22N4O2. The fourth-order valence-electron chi connectivity index (χ4n) is 3.14. The molecule has 0 N–H and O–H groups in total. The Morgan fingerprint density at radius 2 is 2.30 bits per heavy atom. The molecule has 1 fully saturated rings. The van der Waals surface area contributed by atoms with Gasteiger partial charge in [-0.05, 0) is 25.0 Å². The quantitative estimate of drug-likeness (QED) is 0.848. The molecule has 3 rings (SSSR count). The van der Waals surface area contributed by atoms with Crippen molar-refractivity contribution >= 4 is 5.91 Å². The number of ether oxygens (including phenoxy) is 1. The number of hydrogen-bond donors (Lipinski definition) is 0. The van der Waals surface area contributed by atoms with E-state index < -0.39 is 0 Å². The smallest absolute Gasteiger partial charge is 0.249 e. The van der Waals surface area contributed by atoms with E-state index in [4.69, 9.17) is 9.72 Å². The minimum absolute atomic E-state index is 0.0269. The number of likely N-dealkylation sites (tertiary alicyclic amines) is 1. The Bertz CT molecular complexity index is 683. The molecule has 1 atom stereocenters. The van der Waals surface area contributed by atoms with Crippen molar-refractivity contribution in [2.75, 3.05) is 20.3 Å². The van der Waals surface area contributed by atoms with Crippen molar-refractivity contribution in [2.45, 2.75) is 32.2 Å². The minimum Gasteiger partial charge on any atom is -0.375 e. The maximum absolute atomic E-state index is 12.2. The SMILES string of the molecule is CCc1nccn1-c1cccc([C@@H]2CCCN2C(=O)COC)n1. The van der Waals surface area contributed by atoms with Crippen molar-refractivity contribution in [3.05, 3.63) is 42.1 Å². The summed E-state index contributed by atoms with van der Waals surface area (Å²) >= 11 is 0. The summed E-state index contributed by atoms with van der Waals surface area (Å²) in [6.07, 6.45) is 6.50. The van der Waals surface area contributed by atoms with E-state index in [0.717, 1.165) is 43.1 Å². The highest BCUT2D eigenvalue weighted by Crippen LogP contribution is 2.31. The third-order valence-electron chi connectivity index (χ3n) is 4.22. The molecule has 3 heterocycles. The van der Waals surface area contributed by atoms with Gasteiger partial charge in [-0.1, -0.05) is 13.0 Å². The number of rotatable bonds is 5. The van der Waals surface area contributed by atoms with Crippen molar-refractivity contribution in [3.8, 4) is 5.82 Å². The van der Waals surface area contributed by atoms with Gasteiger partial charge < -0.3 is 9.64 Å². The Labute approximate surface area is 136 Å². The number of hydrogen-bond acceptors (Lipinski definition) is 4. The molecule has 0 aliphatic carbocycles. The Kier molecular flexibility index (Phi) is 4.71. The second kappa shape index (κ2) is 6.91. The fourth-order valence-corrected chi connectivity index (χ4v) is 3.14. The number of nitrogens with zero attached hydrogens (tertiary/aromatic N) is 4. The summed E-state index contributed by atoms with van der Waals surface area (Å²) < 4.78 is 6.99. The molecule has 1 aliphatic rings. The molecule has 1 aliphatic heterocycles. The van der Waals surface area contributed by atoms with Crippen molar-refractivity contribution < 1.29 is 9.53 Å². The van der Waals surface area contributed by atoms with Crippen LogP contribution in [-0.4, -0.2) is 45.6 Å². The van der Waals surface area contributed by atoms with Gasteiger partial charge in [0.25, 0.3) is 0 Å². The molecule has 6 heteroatoms. The van der Waals surface area contributed by atoms with Crippen LogP contribution in [0.1, 0.15) is 37.3 Å². The van der Waals surface area contributed by atoms with E-state index in [1.807, 2.05) is 33.9 Å². The Hall–Kier alpha value is -2.21. The number of pyridine rings is 1. The summed E-state index contributed by atoms with van der Waals surface area (Å²) in [6, 6.07) is 6.00. The fraction of sp³-hybridized carbons (Fsp3) is 0.471. The third kappa shape index (κ3) is 3.12. The van der Waals surface area contributed by atoms with Crippen LogP contribution in [0, 0.1) is 0 Å². The summed E-state index contributed by atoms with van der Waals surface area (Å²) in [5.74, 6) is 1.86. The molecule has 0 radical (unpaired) electrons. The molecule has 1 amide bonds. The largest absolute Gasteiger partial charge is 0.375 e. The maximum atomic E-state index is 12.2. The van der Waals surface area contributed by atoms with Gasteiger partial charge in [-0.15, -0.1) is 0 Å². The highest BCUT2D eigenvalue weighted by Gasteiger charge is 2.30. The van der Waals surface area contributed by atoms with Gasteiger partial charge in [-0.25, -0.2) is 9.97 Å². The van der Waals surface area contributed by atoms with E-state index in [0.29, 0.717) is 0 Å². The average molecular weight is 314 g/mol. The molecule has 0 spiro atoms. The molecule has 2 aromatic rings. The second-order valence-electron chi connectivity index (χ2n) is 5.67. The summed E-state index contributed by atoms with van der Waals surface area (Å²) in [4.78, 5) is 23.2. The predicted octanol–water partition coefficient (Wildman–Crippen LogP) is 2.14. The van der Waals surface area contributed by atoms with E-state index in [9.17, 15) is 4.79 Å². The van der Waals surface area contributed by atoms with Gasteiger partial charge in [0.05, 0.1) is 11.7 Å². The van der Waals surface area contributed by atoms with E-state index in [1.54, 1.807) is 13.3 Å². The first kappa shape index (κ1) is 15.7. The van der Waals surface area contributed by atoms with Crippen LogP contribution in [-0.2, 0) is 16.0 Å². The summed E-state index contributed by atoms with van der Waals surface area (Å²) in [7, 11) is 1.55. The number of carbonyl (C=O) groups excluding carboxylic acids is 1. The van der Waals surface area contributed by atoms with Crippen LogP contribution in [0.2, 0.25) is 0 Å². The van der Waals surface area contributed by atoms with Crippen LogP contribution in [0.3, 0.4) is 0 Å². The number of aromatic nitrogens is 3. The predicted molar refractivity (Wildman–Crippen MR) is 86.3 cm³/mol. The van der Waals surface area contributed by atoms with Crippen LogP contribution in [0.15, 0.2) is 30.6 Å². The molecule has 122 valence electrons. The van der Waals surface area contributed by atoms with Gasteiger partial charge in [-0.2, -0.15) is 0 Å². The number of amides is 1. The number of aryl methyl sites for hydroxylation is 1. The van der Waals surface area contributed by atoms with Crippen LogP contribution in [0.5, 0.6) is 0 Å². The van der Waals surface area contributed by atoms with Crippen LogP contribution in [0.4, 0.5) is 0 Å². The highest BCUT2D eigenvalue weighted by molar-refractivity contribution is 5.78. The zero-order valence-corrected chi connectivity index (χ0v) is 13.6. The van der Waals surface area contributed by atoms with Gasteiger partial charge in [0.1, 0.15) is 18.2 Å². The third-order valence-corrected chi connectivity index (χ3v) is 4.22.